The van der Waals surface area contributed by atoms with Crippen molar-refractivity contribution in [1.29, 1.82) is 0 Å². The van der Waals surface area contributed by atoms with Gasteiger partial charge in [-0.2, -0.15) is 0 Å². The zero-order valence-corrected chi connectivity index (χ0v) is 12.8. The molecular weight excluding hydrogens is 262 g/mol. The van der Waals surface area contributed by atoms with E-state index in [4.69, 9.17) is 9.47 Å². The van der Waals surface area contributed by atoms with Crippen LogP contribution in [0, 0.1) is 6.92 Å². The van der Waals surface area contributed by atoms with E-state index in [0.717, 1.165) is 12.2 Å². The number of methoxy groups -OCH3 is 1. The lowest BCUT2D eigenvalue weighted by molar-refractivity contribution is 0.0617. The Hall–Kier alpha value is -1.84. The highest BCUT2D eigenvalue weighted by Crippen LogP contribution is 2.14. The fourth-order valence-electron chi connectivity index (χ4n) is 2.11. The van der Waals surface area contributed by atoms with Gasteiger partial charge in [-0.3, -0.25) is 0 Å². The maximum absolute atomic E-state index is 5.54. The van der Waals surface area contributed by atoms with Crippen molar-refractivity contribution in [2.75, 3.05) is 25.6 Å². The van der Waals surface area contributed by atoms with Gasteiger partial charge in [0.2, 0.25) is 0 Å². The lowest BCUT2D eigenvalue weighted by Crippen LogP contribution is -2.03. The topological polar surface area (TPSA) is 30.5 Å². The molecule has 0 fully saturated rings. The molecule has 0 saturated carbocycles. The minimum Gasteiger partial charge on any atom is -0.382 e. The van der Waals surface area contributed by atoms with E-state index in [0.29, 0.717) is 19.8 Å². The summed E-state index contributed by atoms with van der Waals surface area (Å²) in [5, 5.41) is 3.46. The van der Waals surface area contributed by atoms with Gasteiger partial charge in [0.15, 0.2) is 0 Å². The van der Waals surface area contributed by atoms with E-state index in [1.807, 2.05) is 0 Å². The fourth-order valence-corrected chi connectivity index (χ4v) is 2.11. The molecule has 2 aromatic carbocycles. The summed E-state index contributed by atoms with van der Waals surface area (Å²) < 4.78 is 10.5. The normalized spacial score (nSPS) is 10.6. The van der Waals surface area contributed by atoms with Crippen LogP contribution in [0.2, 0.25) is 0 Å². The number of aryl methyl sites for hydroxylation is 1. The number of ether oxygens (including phenoxy) is 2. The van der Waals surface area contributed by atoms with Crippen molar-refractivity contribution in [3.8, 4) is 0 Å². The van der Waals surface area contributed by atoms with Gasteiger partial charge < -0.3 is 14.8 Å². The molecule has 0 aliphatic rings. The quantitative estimate of drug-likeness (QED) is 0.749. The smallest absolute Gasteiger partial charge is 0.0718 e. The Morgan fingerprint density at radius 1 is 1.00 bits per heavy atom. The summed E-state index contributed by atoms with van der Waals surface area (Å²) in [6, 6.07) is 16.8. The van der Waals surface area contributed by atoms with E-state index < -0.39 is 0 Å². The molecule has 0 aromatic heterocycles. The molecule has 3 nitrogen and oxygen atoms in total. The summed E-state index contributed by atoms with van der Waals surface area (Å²) in [4.78, 5) is 0. The first kappa shape index (κ1) is 15.5. The Labute approximate surface area is 126 Å². The van der Waals surface area contributed by atoms with Gasteiger partial charge in [0.1, 0.15) is 0 Å². The summed E-state index contributed by atoms with van der Waals surface area (Å²) in [7, 11) is 1.68. The predicted octanol–water partition coefficient (Wildman–Crippen LogP) is 3.77. The van der Waals surface area contributed by atoms with Gasteiger partial charge in [0.05, 0.1) is 19.8 Å². The van der Waals surface area contributed by atoms with Gasteiger partial charge in [-0.1, -0.05) is 36.4 Å². The minimum atomic E-state index is 0.614. The van der Waals surface area contributed by atoms with E-state index in [9.17, 15) is 0 Å². The summed E-state index contributed by atoms with van der Waals surface area (Å²) in [6.07, 6.45) is 0. The third-order valence-electron chi connectivity index (χ3n) is 3.37. The van der Waals surface area contributed by atoms with Gasteiger partial charge in [-0.05, 0) is 35.7 Å². The maximum atomic E-state index is 5.54. The van der Waals surface area contributed by atoms with Gasteiger partial charge in [-0.15, -0.1) is 0 Å². The van der Waals surface area contributed by atoms with E-state index in [2.05, 4.69) is 60.8 Å². The molecule has 0 atom stereocenters. The maximum Gasteiger partial charge on any atom is 0.0718 e. The number of rotatable bonds is 8. The monoisotopic (exact) mass is 285 g/mol. The third kappa shape index (κ3) is 5.21. The Morgan fingerprint density at radius 3 is 2.67 bits per heavy atom. The van der Waals surface area contributed by atoms with Crippen LogP contribution >= 0.6 is 0 Å². The molecule has 2 rings (SSSR count). The third-order valence-corrected chi connectivity index (χ3v) is 3.37. The van der Waals surface area contributed by atoms with Crippen molar-refractivity contribution in [2.45, 2.75) is 20.1 Å². The summed E-state index contributed by atoms with van der Waals surface area (Å²) in [5.74, 6) is 0. The zero-order chi connectivity index (χ0) is 14.9. The molecule has 0 spiro atoms. The lowest BCUT2D eigenvalue weighted by Gasteiger charge is -2.10. The number of nitrogens with one attached hydrogen (secondary N) is 1. The molecule has 21 heavy (non-hydrogen) atoms. The molecule has 0 saturated heterocycles. The summed E-state index contributed by atoms with van der Waals surface area (Å²) >= 11 is 0. The summed E-state index contributed by atoms with van der Waals surface area (Å²) in [5.41, 5.74) is 4.91. The molecular formula is C18H23NO2. The van der Waals surface area contributed by atoms with E-state index >= 15 is 0 Å². The van der Waals surface area contributed by atoms with Crippen molar-refractivity contribution >= 4 is 5.69 Å². The molecule has 0 amide bonds. The van der Waals surface area contributed by atoms with Gasteiger partial charge >= 0.3 is 0 Å². The highest BCUT2D eigenvalue weighted by Gasteiger charge is 1.99. The van der Waals surface area contributed by atoms with Crippen molar-refractivity contribution in [1.82, 2.24) is 0 Å². The van der Waals surface area contributed by atoms with Crippen LogP contribution < -0.4 is 5.32 Å². The first-order valence-electron chi connectivity index (χ1n) is 7.23. The van der Waals surface area contributed by atoms with E-state index in [1.54, 1.807) is 7.11 Å². The predicted molar refractivity (Wildman–Crippen MR) is 86.5 cm³/mol. The fraction of sp³-hybridized carbons (Fsp3) is 0.333. The molecule has 0 radical (unpaired) electrons. The second kappa shape index (κ2) is 8.45. The van der Waals surface area contributed by atoms with Crippen LogP contribution in [0.5, 0.6) is 0 Å². The first-order chi connectivity index (χ1) is 10.3. The van der Waals surface area contributed by atoms with Crippen LogP contribution in [0.1, 0.15) is 16.7 Å². The number of benzene rings is 2. The zero-order valence-electron chi connectivity index (χ0n) is 12.8. The molecule has 0 heterocycles. The van der Waals surface area contributed by atoms with E-state index in [1.165, 1.54) is 16.7 Å². The number of anilines is 1. The number of hydrogen-bond acceptors (Lipinski definition) is 3. The van der Waals surface area contributed by atoms with Crippen LogP contribution in [-0.4, -0.2) is 20.3 Å². The number of hydrogen-bond donors (Lipinski definition) is 1. The second-order valence-corrected chi connectivity index (χ2v) is 5.03. The van der Waals surface area contributed by atoms with Crippen molar-refractivity contribution in [3.05, 3.63) is 65.2 Å². The molecule has 2 aromatic rings. The Balaban J connectivity index is 1.87. The SMILES string of the molecule is COCCOCc1cccc(NCc2ccccc2C)c1. The lowest BCUT2D eigenvalue weighted by atomic mass is 10.1. The highest BCUT2D eigenvalue weighted by molar-refractivity contribution is 5.46. The second-order valence-electron chi connectivity index (χ2n) is 5.03. The molecule has 112 valence electrons. The minimum absolute atomic E-state index is 0.614. The van der Waals surface area contributed by atoms with Gasteiger partial charge in [0, 0.05) is 19.3 Å². The van der Waals surface area contributed by atoms with Crippen LogP contribution in [0.25, 0.3) is 0 Å². The molecule has 0 bridgehead atoms. The average Bonchev–Trinajstić information content (AvgIpc) is 2.51. The molecule has 1 N–H and O–H groups in total. The Bertz CT molecular complexity index is 554. The van der Waals surface area contributed by atoms with Crippen molar-refractivity contribution in [3.63, 3.8) is 0 Å². The molecule has 0 aliphatic heterocycles. The van der Waals surface area contributed by atoms with Crippen molar-refractivity contribution < 1.29 is 9.47 Å². The van der Waals surface area contributed by atoms with E-state index in [-0.39, 0.29) is 0 Å². The molecule has 0 unspecified atom stereocenters. The average molecular weight is 285 g/mol. The Morgan fingerprint density at radius 2 is 1.86 bits per heavy atom. The standard InChI is InChI=1S/C18H23NO2/c1-15-6-3-4-8-17(15)13-19-18-9-5-7-16(12-18)14-21-11-10-20-2/h3-9,12,19H,10-11,13-14H2,1-2H3. The molecule has 0 aliphatic carbocycles. The molecule has 3 heteroatoms. The van der Waals surface area contributed by atoms with Gasteiger partial charge in [-0.25, -0.2) is 0 Å². The first-order valence-corrected chi connectivity index (χ1v) is 7.23. The van der Waals surface area contributed by atoms with Crippen LogP contribution in [-0.2, 0) is 22.6 Å². The van der Waals surface area contributed by atoms with Crippen molar-refractivity contribution in [2.24, 2.45) is 0 Å². The largest absolute Gasteiger partial charge is 0.382 e. The van der Waals surface area contributed by atoms with Crippen LogP contribution in [0.15, 0.2) is 48.5 Å². The summed E-state index contributed by atoms with van der Waals surface area (Å²) in [6.45, 7) is 4.84. The van der Waals surface area contributed by atoms with Gasteiger partial charge in [0.25, 0.3) is 0 Å². The van der Waals surface area contributed by atoms with Crippen LogP contribution in [0.4, 0.5) is 5.69 Å². The highest BCUT2D eigenvalue weighted by atomic mass is 16.5. The Kier molecular flexibility index (Phi) is 6.25. The van der Waals surface area contributed by atoms with Crippen LogP contribution in [0.3, 0.4) is 0 Å².